The van der Waals surface area contributed by atoms with Crippen LogP contribution < -0.4 is 11.3 Å². The minimum absolute atomic E-state index is 0.0419. The van der Waals surface area contributed by atoms with Crippen LogP contribution in [0.5, 0.6) is 0 Å². The zero-order valence-electron chi connectivity index (χ0n) is 13.8. The summed E-state index contributed by atoms with van der Waals surface area (Å²) in [6, 6.07) is 12.3. The van der Waals surface area contributed by atoms with Crippen LogP contribution in [-0.2, 0) is 19.5 Å². The maximum Gasteiger partial charge on any atom is 0.255 e. The summed E-state index contributed by atoms with van der Waals surface area (Å²) < 4.78 is 1.88. The summed E-state index contributed by atoms with van der Waals surface area (Å²) in [7, 11) is 0. The van der Waals surface area contributed by atoms with E-state index >= 15 is 0 Å². The first kappa shape index (κ1) is 16.5. The zero-order valence-corrected chi connectivity index (χ0v) is 13.8. The fraction of sp³-hybridized carbons (Fsp3) is 0.421. The number of aromatic nitrogens is 1. The number of nitrogens with zero attached hydrogens (tertiary/aromatic N) is 1. The van der Waals surface area contributed by atoms with Gasteiger partial charge in [-0.15, -0.1) is 0 Å². The second-order valence-electron chi connectivity index (χ2n) is 6.14. The number of benzene rings is 1. The van der Waals surface area contributed by atoms with E-state index in [1.807, 2.05) is 16.7 Å². The first-order valence-corrected chi connectivity index (χ1v) is 8.09. The van der Waals surface area contributed by atoms with E-state index in [0.29, 0.717) is 11.5 Å². The van der Waals surface area contributed by atoms with Gasteiger partial charge in [-0.2, -0.15) is 0 Å². The lowest BCUT2D eigenvalue weighted by atomic mass is 10.0. The Bertz CT molecular complexity index is 669. The van der Waals surface area contributed by atoms with Crippen molar-refractivity contribution in [2.24, 2.45) is 11.7 Å². The summed E-state index contributed by atoms with van der Waals surface area (Å²) in [5, 5.41) is 0. The molecule has 2 N–H and O–H groups in total. The average Bonchev–Trinajstić information content (AvgIpc) is 2.53. The largest absolute Gasteiger partial charge is 0.326 e. The smallest absolute Gasteiger partial charge is 0.255 e. The molecule has 0 radical (unpaired) electrons. The standard InChI is InChI=1S/C19H26N2O/c1-4-15-5-7-16(8-6-15)18-10-9-17(13-20)19(22)21(18)12-11-14(2)3/h5-10,14H,4,11-13,20H2,1-3H3. The van der Waals surface area contributed by atoms with Gasteiger partial charge in [0, 0.05) is 18.7 Å². The molecule has 0 saturated carbocycles. The van der Waals surface area contributed by atoms with E-state index in [-0.39, 0.29) is 12.1 Å². The van der Waals surface area contributed by atoms with Crippen LogP contribution in [0.25, 0.3) is 11.3 Å². The van der Waals surface area contributed by atoms with Crippen molar-refractivity contribution in [3.63, 3.8) is 0 Å². The highest BCUT2D eigenvalue weighted by Crippen LogP contribution is 2.20. The van der Waals surface area contributed by atoms with Crippen LogP contribution in [0.4, 0.5) is 0 Å². The molecule has 3 heteroatoms. The monoisotopic (exact) mass is 298 g/mol. The van der Waals surface area contributed by atoms with Gasteiger partial charge >= 0.3 is 0 Å². The number of rotatable bonds is 6. The molecule has 0 fully saturated rings. The van der Waals surface area contributed by atoms with Crippen molar-refractivity contribution >= 4 is 0 Å². The maximum absolute atomic E-state index is 12.6. The Balaban J connectivity index is 2.48. The van der Waals surface area contributed by atoms with Crippen molar-refractivity contribution in [2.45, 2.75) is 46.7 Å². The molecule has 0 aliphatic rings. The van der Waals surface area contributed by atoms with E-state index in [4.69, 9.17) is 5.73 Å². The molecule has 0 spiro atoms. The molecule has 2 aromatic rings. The summed E-state index contributed by atoms with van der Waals surface area (Å²) in [5.74, 6) is 0.559. The molecule has 0 saturated heterocycles. The Morgan fingerprint density at radius 3 is 2.32 bits per heavy atom. The highest BCUT2D eigenvalue weighted by Gasteiger charge is 2.10. The lowest BCUT2D eigenvalue weighted by Gasteiger charge is -2.16. The van der Waals surface area contributed by atoms with Crippen molar-refractivity contribution in [2.75, 3.05) is 0 Å². The molecule has 0 aliphatic heterocycles. The second-order valence-corrected chi connectivity index (χ2v) is 6.14. The highest BCUT2D eigenvalue weighted by molar-refractivity contribution is 5.60. The number of nitrogens with two attached hydrogens (primary N) is 1. The SMILES string of the molecule is CCc1ccc(-c2ccc(CN)c(=O)n2CCC(C)C)cc1. The van der Waals surface area contributed by atoms with Gasteiger partial charge in [-0.1, -0.05) is 51.1 Å². The molecule has 0 amide bonds. The summed E-state index contributed by atoms with van der Waals surface area (Å²) >= 11 is 0. The predicted molar refractivity (Wildman–Crippen MR) is 92.9 cm³/mol. The molecular weight excluding hydrogens is 272 g/mol. The molecule has 0 bridgehead atoms. The van der Waals surface area contributed by atoms with Crippen molar-refractivity contribution in [1.82, 2.24) is 4.57 Å². The van der Waals surface area contributed by atoms with E-state index in [1.54, 1.807) is 0 Å². The van der Waals surface area contributed by atoms with Crippen LogP contribution in [0.1, 0.15) is 38.3 Å². The third-order valence-corrected chi connectivity index (χ3v) is 4.06. The minimum Gasteiger partial charge on any atom is -0.326 e. The quantitative estimate of drug-likeness (QED) is 0.886. The van der Waals surface area contributed by atoms with E-state index in [1.165, 1.54) is 5.56 Å². The molecule has 3 nitrogen and oxygen atoms in total. The van der Waals surface area contributed by atoms with E-state index in [9.17, 15) is 4.79 Å². The molecule has 0 unspecified atom stereocenters. The fourth-order valence-corrected chi connectivity index (χ4v) is 2.55. The molecular formula is C19H26N2O. The van der Waals surface area contributed by atoms with Gasteiger partial charge < -0.3 is 10.3 Å². The second kappa shape index (κ2) is 7.41. The maximum atomic E-state index is 12.6. The van der Waals surface area contributed by atoms with Gasteiger partial charge in [0.1, 0.15) is 0 Å². The van der Waals surface area contributed by atoms with Crippen LogP contribution >= 0.6 is 0 Å². The Kier molecular flexibility index (Phi) is 5.56. The van der Waals surface area contributed by atoms with Gasteiger partial charge in [0.05, 0.1) is 5.69 Å². The van der Waals surface area contributed by atoms with Crippen molar-refractivity contribution < 1.29 is 0 Å². The van der Waals surface area contributed by atoms with Crippen LogP contribution in [0.15, 0.2) is 41.2 Å². The molecule has 22 heavy (non-hydrogen) atoms. The van der Waals surface area contributed by atoms with Crippen LogP contribution in [0.2, 0.25) is 0 Å². The van der Waals surface area contributed by atoms with Crippen molar-refractivity contribution in [1.29, 1.82) is 0 Å². The summed E-state index contributed by atoms with van der Waals surface area (Å²) in [6.45, 7) is 7.51. The van der Waals surface area contributed by atoms with E-state index in [0.717, 1.165) is 30.6 Å². The first-order valence-electron chi connectivity index (χ1n) is 8.09. The molecule has 0 aliphatic carbocycles. The lowest BCUT2D eigenvalue weighted by molar-refractivity contribution is 0.509. The fourth-order valence-electron chi connectivity index (χ4n) is 2.55. The van der Waals surface area contributed by atoms with Gasteiger partial charge in [0.25, 0.3) is 5.56 Å². The molecule has 118 valence electrons. The lowest BCUT2D eigenvalue weighted by Crippen LogP contribution is -2.27. The third kappa shape index (κ3) is 3.66. The normalized spacial score (nSPS) is 11.1. The van der Waals surface area contributed by atoms with Crippen LogP contribution in [-0.4, -0.2) is 4.57 Å². The number of pyridine rings is 1. The summed E-state index contributed by atoms with van der Waals surface area (Å²) in [6.07, 6.45) is 2.00. The Morgan fingerprint density at radius 1 is 1.09 bits per heavy atom. The predicted octanol–water partition coefficient (Wildman–Crippen LogP) is 3.58. The summed E-state index contributed by atoms with van der Waals surface area (Å²) in [5.41, 5.74) is 9.78. The average molecular weight is 298 g/mol. The molecule has 0 atom stereocenters. The number of hydrogen-bond donors (Lipinski definition) is 1. The van der Waals surface area contributed by atoms with Crippen molar-refractivity contribution in [3.8, 4) is 11.3 Å². The van der Waals surface area contributed by atoms with Gasteiger partial charge in [-0.3, -0.25) is 4.79 Å². The van der Waals surface area contributed by atoms with Crippen LogP contribution in [0.3, 0.4) is 0 Å². The molecule has 1 aromatic heterocycles. The Morgan fingerprint density at radius 2 is 1.77 bits per heavy atom. The molecule has 1 heterocycles. The highest BCUT2D eigenvalue weighted by atomic mass is 16.1. The third-order valence-electron chi connectivity index (χ3n) is 4.06. The zero-order chi connectivity index (χ0) is 16.1. The molecule has 1 aromatic carbocycles. The Labute approximate surface area is 132 Å². The minimum atomic E-state index is 0.0419. The summed E-state index contributed by atoms with van der Waals surface area (Å²) in [4.78, 5) is 12.6. The molecule has 2 rings (SSSR count). The van der Waals surface area contributed by atoms with Gasteiger partial charge in [0.2, 0.25) is 0 Å². The first-order chi connectivity index (χ1) is 10.6. The van der Waals surface area contributed by atoms with Gasteiger partial charge in [-0.05, 0) is 36.0 Å². The van der Waals surface area contributed by atoms with E-state index in [2.05, 4.69) is 45.0 Å². The van der Waals surface area contributed by atoms with Gasteiger partial charge in [-0.25, -0.2) is 0 Å². The van der Waals surface area contributed by atoms with Crippen molar-refractivity contribution in [3.05, 3.63) is 57.9 Å². The van der Waals surface area contributed by atoms with E-state index < -0.39 is 0 Å². The topological polar surface area (TPSA) is 48.0 Å². The number of aryl methyl sites for hydroxylation is 1. The van der Waals surface area contributed by atoms with Gasteiger partial charge in [0.15, 0.2) is 0 Å². The van der Waals surface area contributed by atoms with Crippen LogP contribution in [0, 0.1) is 5.92 Å². The Hall–Kier alpha value is -1.87. The number of hydrogen-bond acceptors (Lipinski definition) is 2.